The number of unbranched alkanes of at least 4 members (excludes halogenated alkanes) is 25. The molecular weight excluding hydrogens is 466 g/mol. The molecule has 4 heteroatoms. The van der Waals surface area contributed by atoms with Crippen molar-refractivity contribution in [3.05, 3.63) is 0 Å². The van der Waals surface area contributed by atoms with Crippen molar-refractivity contribution >= 4 is 24.5 Å². The van der Waals surface area contributed by atoms with E-state index in [0.717, 1.165) is 6.42 Å². The number of aliphatic imine (C=N–C) groups is 1. The third-order valence-electron chi connectivity index (χ3n) is 7.36. The molecular formula is C31H62ClNOSi. The van der Waals surface area contributed by atoms with Crippen molar-refractivity contribution in [2.75, 3.05) is 6.54 Å². The van der Waals surface area contributed by atoms with E-state index in [4.69, 9.17) is 11.1 Å². The lowest BCUT2D eigenvalue weighted by molar-refractivity contribution is 0.515. The maximum absolute atomic E-state index is 9.97. The van der Waals surface area contributed by atoms with Gasteiger partial charge >= 0.3 is 0 Å². The van der Waals surface area contributed by atoms with E-state index in [-0.39, 0.29) is 0 Å². The molecule has 208 valence electrons. The number of nitrogens with zero attached hydrogens (tertiary/aromatic N) is 1. The second-order valence-electron chi connectivity index (χ2n) is 11.6. The Morgan fingerprint density at radius 1 is 0.457 bits per heavy atom. The Balaban J connectivity index is 3.05. The van der Waals surface area contributed by atoms with Gasteiger partial charge in [0.25, 0.3) is 0 Å². The topological polar surface area (TPSA) is 29.4 Å². The van der Waals surface area contributed by atoms with Gasteiger partial charge in [-0.2, -0.15) is 11.1 Å². The van der Waals surface area contributed by atoms with E-state index >= 15 is 0 Å². The smallest absolute Gasteiger partial charge is 0.211 e. The fourth-order valence-electron chi connectivity index (χ4n) is 5.02. The molecule has 0 atom stereocenters. The number of carbonyl (C=O) groups excluding carboxylic acids is 1. The summed E-state index contributed by atoms with van der Waals surface area (Å²) in [6.45, 7) is 5.20. The summed E-state index contributed by atoms with van der Waals surface area (Å²) < 4.78 is 0. The van der Waals surface area contributed by atoms with Crippen LogP contribution in [0.1, 0.15) is 167 Å². The van der Waals surface area contributed by atoms with Gasteiger partial charge in [0.05, 0.1) is 6.54 Å². The Labute approximate surface area is 226 Å². The largest absolute Gasteiger partial charge is 0.234 e. The van der Waals surface area contributed by atoms with Gasteiger partial charge in [0, 0.05) is 0 Å². The quantitative estimate of drug-likeness (QED) is 0.0312. The first kappa shape index (κ1) is 34.9. The Hall–Kier alpha value is -0.113. The van der Waals surface area contributed by atoms with E-state index in [1.165, 1.54) is 167 Å². The van der Waals surface area contributed by atoms with Gasteiger partial charge < -0.3 is 0 Å². The molecule has 0 rings (SSSR count). The Bertz CT molecular complexity index is 459. The van der Waals surface area contributed by atoms with Gasteiger partial charge in [0.2, 0.25) is 6.08 Å². The van der Waals surface area contributed by atoms with Crippen LogP contribution in [0.15, 0.2) is 4.99 Å². The standard InChI is InChI=1S/C31H62ClNOSi/c1-35(2,32)30-28-26-24-22-20-18-16-14-12-10-8-6-4-3-5-7-9-11-13-15-17-19-21-23-25-27-29-33-31-34/h3-30H2,1-2H3. The zero-order valence-electron chi connectivity index (χ0n) is 24.0. The highest BCUT2D eigenvalue weighted by molar-refractivity contribution is 7.19. The van der Waals surface area contributed by atoms with Crippen LogP contribution < -0.4 is 0 Å². The van der Waals surface area contributed by atoms with Crippen molar-refractivity contribution in [2.24, 2.45) is 4.99 Å². The summed E-state index contributed by atoms with van der Waals surface area (Å²) in [5.74, 6) is 0. The van der Waals surface area contributed by atoms with Crippen molar-refractivity contribution in [1.29, 1.82) is 0 Å². The zero-order chi connectivity index (χ0) is 25.7. The normalized spacial score (nSPS) is 11.6. The lowest BCUT2D eigenvalue weighted by Crippen LogP contribution is -2.14. The van der Waals surface area contributed by atoms with Crippen molar-refractivity contribution in [1.82, 2.24) is 0 Å². The summed E-state index contributed by atoms with van der Waals surface area (Å²) in [6, 6.07) is 1.29. The van der Waals surface area contributed by atoms with Gasteiger partial charge in [0.15, 0.2) is 0 Å². The molecule has 0 fully saturated rings. The highest BCUT2D eigenvalue weighted by Gasteiger charge is 2.15. The lowest BCUT2D eigenvalue weighted by atomic mass is 10.0. The third-order valence-corrected chi connectivity index (χ3v) is 9.47. The predicted octanol–water partition coefficient (Wildman–Crippen LogP) is 11.9. The van der Waals surface area contributed by atoms with Gasteiger partial charge in [-0.3, -0.25) is 0 Å². The van der Waals surface area contributed by atoms with Crippen LogP contribution in [0.5, 0.6) is 0 Å². The van der Waals surface area contributed by atoms with Crippen LogP contribution in [0.2, 0.25) is 19.1 Å². The highest BCUT2D eigenvalue weighted by Crippen LogP contribution is 2.20. The highest BCUT2D eigenvalue weighted by atomic mass is 35.6. The summed E-state index contributed by atoms with van der Waals surface area (Å²) in [5, 5.41) is 0. The monoisotopic (exact) mass is 527 g/mol. The zero-order valence-corrected chi connectivity index (χ0v) is 25.8. The Morgan fingerprint density at radius 3 is 0.914 bits per heavy atom. The summed E-state index contributed by atoms with van der Waals surface area (Å²) in [4.78, 5) is 13.6. The van der Waals surface area contributed by atoms with Crippen LogP contribution in [0.3, 0.4) is 0 Å². The number of hydrogen-bond donors (Lipinski definition) is 0. The van der Waals surface area contributed by atoms with E-state index in [1.807, 2.05) is 0 Å². The van der Waals surface area contributed by atoms with Crippen LogP contribution in [0, 0.1) is 0 Å². The fraction of sp³-hybridized carbons (Fsp3) is 0.968. The average Bonchev–Trinajstić information content (AvgIpc) is 2.82. The molecule has 0 heterocycles. The van der Waals surface area contributed by atoms with E-state index < -0.39 is 7.38 Å². The minimum atomic E-state index is -1.32. The van der Waals surface area contributed by atoms with Crippen LogP contribution in [-0.4, -0.2) is 20.0 Å². The first-order valence-electron chi connectivity index (χ1n) is 15.8. The molecule has 0 saturated carbocycles. The van der Waals surface area contributed by atoms with Crippen LogP contribution in [-0.2, 0) is 4.79 Å². The minimum absolute atomic E-state index is 0.667. The molecule has 0 aromatic heterocycles. The van der Waals surface area contributed by atoms with E-state index in [2.05, 4.69) is 18.1 Å². The molecule has 0 aromatic carbocycles. The number of isocyanates is 1. The van der Waals surface area contributed by atoms with Crippen molar-refractivity contribution in [3.63, 3.8) is 0 Å². The minimum Gasteiger partial charge on any atom is -0.211 e. The second kappa shape index (κ2) is 28.5. The van der Waals surface area contributed by atoms with E-state index in [0.29, 0.717) is 6.54 Å². The Kier molecular flexibility index (Phi) is 28.4. The van der Waals surface area contributed by atoms with Crippen molar-refractivity contribution < 1.29 is 4.79 Å². The van der Waals surface area contributed by atoms with Gasteiger partial charge in [0.1, 0.15) is 7.38 Å². The number of halogens is 1. The van der Waals surface area contributed by atoms with Gasteiger partial charge in [-0.25, -0.2) is 9.79 Å². The molecule has 2 nitrogen and oxygen atoms in total. The average molecular weight is 528 g/mol. The summed E-state index contributed by atoms with van der Waals surface area (Å²) in [6.07, 6.45) is 38.2. The Morgan fingerprint density at radius 2 is 0.686 bits per heavy atom. The molecule has 0 aliphatic heterocycles. The molecule has 0 saturated heterocycles. The fourth-order valence-corrected chi connectivity index (χ4v) is 6.52. The molecule has 0 amide bonds. The predicted molar refractivity (Wildman–Crippen MR) is 161 cm³/mol. The maximum atomic E-state index is 9.97. The first-order valence-corrected chi connectivity index (χ1v) is 20.0. The molecule has 0 aliphatic rings. The molecule has 0 radical (unpaired) electrons. The number of rotatable bonds is 29. The van der Waals surface area contributed by atoms with E-state index in [9.17, 15) is 4.79 Å². The second-order valence-corrected chi connectivity index (χ2v) is 18.6. The van der Waals surface area contributed by atoms with Crippen LogP contribution in [0.4, 0.5) is 0 Å². The third kappa shape index (κ3) is 33.9. The number of hydrogen-bond acceptors (Lipinski definition) is 2. The molecule has 0 aliphatic carbocycles. The lowest BCUT2D eigenvalue weighted by Gasteiger charge is -2.11. The maximum Gasteiger partial charge on any atom is 0.234 e. The van der Waals surface area contributed by atoms with Gasteiger partial charge in [-0.15, -0.1) is 0 Å². The van der Waals surface area contributed by atoms with Crippen LogP contribution >= 0.6 is 11.1 Å². The first-order chi connectivity index (χ1) is 17.1. The van der Waals surface area contributed by atoms with Gasteiger partial charge in [-0.1, -0.05) is 174 Å². The summed E-state index contributed by atoms with van der Waals surface area (Å²) in [5.41, 5.74) is 0. The SMILES string of the molecule is C[Si](C)(Cl)CCCCCCCCCCCCCCCCCCCCCCCCCCCCN=C=O. The molecule has 35 heavy (non-hydrogen) atoms. The molecule has 0 unspecified atom stereocenters. The summed E-state index contributed by atoms with van der Waals surface area (Å²) >= 11 is 6.38. The molecule has 0 aromatic rings. The molecule has 0 bridgehead atoms. The van der Waals surface area contributed by atoms with Gasteiger partial charge in [-0.05, 0) is 12.5 Å². The molecule has 0 N–H and O–H groups in total. The van der Waals surface area contributed by atoms with Crippen molar-refractivity contribution in [3.8, 4) is 0 Å². The summed E-state index contributed by atoms with van der Waals surface area (Å²) in [7, 11) is -1.32. The van der Waals surface area contributed by atoms with E-state index in [1.54, 1.807) is 6.08 Å². The van der Waals surface area contributed by atoms with Crippen LogP contribution in [0.25, 0.3) is 0 Å². The molecule has 0 spiro atoms. The van der Waals surface area contributed by atoms with Crippen molar-refractivity contribution in [2.45, 2.75) is 186 Å².